The highest BCUT2D eigenvalue weighted by molar-refractivity contribution is 5.91. The predicted octanol–water partition coefficient (Wildman–Crippen LogP) is 2.69. The van der Waals surface area contributed by atoms with Crippen molar-refractivity contribution in [1.29, 1.82) is 0 Å². The molecule has 0 aliphatic rings. The molecule has 0 bridgehead atoms. The van der Waals surface area contributed by atoms with Crippen LogP contribution < -0.4 is 21.3 Å². The molecule has 0 aliphatic heterocycles. The summed E-state index contributed by atoms with van der Waals surface area (Å²) in [6.07, 6.45) is 1.29. The van der Waals surface area contributed by atoms with Crippen LogP contribution in [0.5, 0.6) is 0 Å². The van der Waals surface area contributed by atoms with Crippen LogP contribution in [0.25, 0.3) is 0 Å². The second-order valence-corrected chi connectivity index (χ2v) is 13.5. The minimum absolute atomic E-state index is 0.000118. The molecule has 53 heavy (non-hydrogen) atoms. The first-order valence-electron chi connectivity index (χ1n) is 17.7. The monoisotopic (exact) mass is 737 g/mol. The number of ether oxygens (including phenoxy) is 1. The molecule has 0 fully saturated rings. The second-order valence-electron chi connectivity index (χ2n) is 13.5. The zero-order valence-corrected chi connectivity index (χ0v) is 30.5. The van der Waals surface area contributed by atoms with Gasteiger partial charge in [-0.3, -0.25) is 24.5 Å². The maximum absolute atomic E-state index is 13.9. The molecule has 0 aliphatic carbocycles. The van der Waals surface area contributed by atoms with Crippen LogP contribution in [0.1, 0.15) is 63.8 Å². The summed E-state index contributed by atoms with van der Waals surface area (Å²) in [5.41, 5.74) is 1.49. The highest BCUT2D eigenvalue weighted by atomic mass is 16.6. The number of hydrogen-bond acceptors (Lipinski definition) is 10. The molecule has 1 aromatic heterocycles. The number of amides is 4. The van der Waals surface area contributed by atoms with Gasteiger partial charge in [0.25, 0.3) is 5.69 Å². The molecular weight excluding hydrogens is 686 g/mol. The van der Waals surface area contributed by atoms with Gasteiger partial charge in [0.2, 0.25) is 17.7 Å². The van der Waals surface area contributed by atoms with Crippen molar-refractivity contribution in [1.82, 2.24) is 31.2 Å². The number of benzene rings is 2. The Kier molecular flexibility index (Phi) is 16.9. The van der Waals surface area contributed by atoms with Crippen LogP contribution in [0, 0.1) is 22.0 Å². The summed E-state index contributed by atoms with van der Waals surface area (Å²) in [5, 5.41) is 42.9. The lowest BCUT2D eigenvalue weighted by molar-refractivity contribution is -0.384. The van der Waals surface area contributed by atoms with E-state index in [4.69, 9.17) is 4.74 Å². The highest BCUT2D eigenvalue weighted by Crippen LogP contribution is 2.16. The molecule has 1 heterocycles. The fraction of sp³-hybridized carbons (Fsp3) is 0.486. The standard InChI is InChI=1S/C37H51N7O9/c1-5-24(4)32(20-45)40-34(47)18-33(46)29(15-23(2)3)41-36(49)31(17-27-19-38-22-39-27)42-35(48)30(16-25-11-13-28(14-12-25)44(51)52)43-37(50)53-21-26-9-7-6-8-10-26/h6-14,19,22-24,29-33,45-46H,5,15-18,20-21H2,1-4H3,(H,38,39)(H,40,47)(H,41,49)(H,42,48)(H,43,50)/t24-,29-,30-,31-,32+,33-/m0/s1. The van der Waals surface area contributed by atoms with Crippen molar-refractivity contribution in [3.05, 3.63) is 94.1 Å². The second kappa shape index (κ2) is 21.2. The molecule has 0 saturated heterocycles. The molecule has 16 nitrogen and oxygen atoms in total. The van der Waals surface area contributed by atoms with E-state index < -0.39 is 59.0 Å². The molecule has 16 heteroatoms. The molecule has 7 N–H and O–H groups in total. The van der Waals surface area contributed by atoms with Crippen LogP contribution in [0.3, 0.4) is 0 Å². The number of H-pyrrole nitrogens is 1. The summed E-state index contributed by atoms with van der Waals surface area (Å²) < 4.78 is 5.35. The van der Waals surface area contributed by atoms with E-state index in [1.54, 1.807) is 30.5 Å². The molecule has 6 atom stereocenters. The van der Waals surface area contributed by atoms with E-state index in [0.717, 1.165) is 6.42 Å². The number of nitrogens with zero attached hydrogens (tertiary/aromatic N) is 2. The van der Waals surface area contributed by atoms with Gasteiger partial charge in [0.15, 0.2) is 0 Å². The Hall–Kier alpha value is -5.35. The van der Waals surface area contributed by atoms with Gasteiger partial charge in [-0.05, 0) is 29.4 Å². The number of aromatic amines is 1. The first-order chi connectivity index (χ1) is 25.3. The van der Waals surface area contributed by atoms with Gasteiger partial charge in [0, 0.05) is 31.2 Å². The van der Waals surface area contributed by atoms with E-state index in [2.05, 4.69) is 31.2 Å². The van der Waals surface area contributed by atoms with Gasteiger partial charge in [-0.1, -0.05) is 76.6 Å². The molecule has 4 amide bonds. The van der Waals surface area contributed by atoms with Crippen molar-refractivity contribution in [3.8, 4) is 0 Å². The van der Waals surface area contributed by atoms with E-state index >= 15 is 0 Å². The summed E-state index contributed by atoms with van der Waals surface area (Å²) in [6, 6.07) is 10.5. The first-order valence-corrected chi connectivity index (χ1v) is 17.7. The van der Waals surface area contributed by atoms with E-state index in [-0.39, 0.29) is 50.0 Å². The van der Waals surface area contributed by atoms with Crippen molar-refractivity contribution in [3.63, 3.8) is 0 Å². The fourth-order valence-electron chi connectivity index (χ4n) is 5.55. The minimum Gasteiger partial charge on any atom is -0.445 e. The van der Waals surface area contributed by atoms with E-state index in [0.29, 0.717) is 23.2 Å². The lowest BCUT2D eigenvalue weighted by atomic mass is 9.95. The summed E-state index contributed by atoms with van der Waals surface area (Å²) >= 11 is 0. The topological polar surface area (TPSA) is 238 Å². The van der Waals surface area contributed by atoms with Gasteiger partial charge < -0.3 is 41.2 Å². The lowest BCUT2D eigenvalue weighted by Gasteiger charge is -2.29. The van der Waals surface area contributed by atoms with Gasteiger partial charge in [0.1, 0.15) is 18.7 Å². The van der Waals surface area contributed by atoms with Crippen molar-refractivity contribution < 1.29 is 39.1 Å². The van der Waals surface area contributed by atoms with Gasteiger partial charge in [-0.15, -0.1) is 0 Å². The number of non-ortho nitro benzene ring substituents is 1. The van der Waals surface area contributed by atoms with Crippen LogP contribution >= 0.6 is 0 Å². The number of aromatic nitrogens is 2. The normalized spacial score (nSPS) is 14.5. The zero-order chi connectivity index (χ0) is 38.9. The van der Waals surface area contributed by atoms with E-state index in [1.807, 2.05) is 33.8 Å². The number of carbonyl (C=O) groups excluding carboxylic acids is 4. The molecule has 2 aromatic carbocycles. The first kappa shape index (κ1) is 42.1. The molecule has 3 aromatic rings. The number of imidazole rings is 1. The van der Waals surface area contributed by atoms with Crippen molar-refractivity contribution in [2.45, 2.75) is 96.7 Å². The third-order valence-corrected chi connectivity index (χ3v) is 8.80. The summed E-state index contributed by atoms with van der Waals surface area (Å²) in [7, 11) is 0. The Morgan fingerprint density at radius 1 is 0.887 bits per heavy atom. The zero-order valence-electron chi connectivity index (χ0n) is 30.5. The lowest BCUT2D eigenvalue weighted by Crippen LogP contribution is -2.57. The quantitative estimate of drug-likeness (QED) is 0.0623. The molecule has 288 valence electrons. The highest BCUT2D eigenvalue weighted by Gasteiger charge is 2.32. The minimum atomic E-state index is -1.30. The van der Waals surface area contributed by atoms with Crippen LogP contribution in [-0.4, -0.2) is 85.8 Å². The molecule has 0 saturated carbocycles. The largest absolute Gasteiger partial charge is 0.445 e. The number of nitro benzene ring substituents is 1. The van der Waals surface area contributed by atoms with Crippen LogP contribution in [0.2, 0.25) is 0 Å². The average molecular weight is 738 g/mol. The van der Waals surface area contributed by atoms with Gasteiger partial charge >= 0.3 is 6.09 Å². The Labute approximate surface area is 308 Å². The Morgan fingerprint density at radius 3 is 2.13 bits per heavy atom. The molecular formula is C37H51N7O9. The van der Waals surface area contributed by atoms with Gasteiger partial charge in [-0.25, -0.2) is 9.78 Å². The predicted molar refractivity (Wildman–Crippen MR) is 195 cm³/mol. The number of aliphatic hydroxyl groups is 2. The maximum Gasteiger partial charge on any atom is 0.408 e. The smallest absolute Gasteiger partial charge is 0.408 e. The van der Waals surface area contributed by atoms with E-state index in [1.165, 1.54) is 30.6 Å². The van der Waals surface area contributed by atoms with Crippen molar-refractivity contribution in [2.24, 2.45) is 11.8 Å². The number of hydrogen-bond donors (Lipinski definition) is 7. The number of rotatable bonds is 21. The van der Waals surface area contributed by atoms with Crippen molar-refractivity contribution in [2.75, 3.05) is 6.61 Å². The summed E-state index contributed by atoms with van der Waals surface area (Å²) in [4.78, 5) is 71.2. The number of alkyl carbamates (subject to hydrolysis) is 1. The fourth-order valence-corrected chi connectivity index (χ4v) is 5.55. The summed E-state index contributed by atoms with van der Waals surface area (Å²) in [5.74, 6) is -1.90. The Bertz CT molecular complexity index is 1600. The third kappa shape index (κ3) is 14.3. The average Bonchev–Trinajstić information content (AvgIpc) is 3.65. The maximum atomic E-state index is 13.9. The summed E-state index contributed by atoms with van der Waals surface area (Å²) in [6.45, 7) is 7.29. The molecule has 3 rings (SSSR count). The van der Waals surface area contributed by atoms with Crippen LogP contribution in [-0.2, 0) is 38.6 Å². The van der Waals surface area contributed by atoms with Gasteiger partial charge in [0.05, 0.1) is 48.2 Å². The van der Waals surface area contributed by atoms with Gasteiger partial charge in [-0.2, -0.15) is 0 Å². The molecule has 0 unspecified atom stereocenters. The van der Waals surface area contributed by atoms with Crippen molar-refractivity contribution >= 4 is 29.5 Å². The molecule has 0 radical (unpaired) electrons. The SMILES string of the molecule is CC[C@H](C)[C@@H](CO)NC(=O)C[C@H](O)[C@H](CC(C)C)NC(=O)[C@H](Cc1c[nH]cn1)NC(=O)[C@H](Cc1ccc([N+](=O)[O-])cc1)NC(=O)OCc1ccccc1. The third-order valence-electron chi connectivity index (χ3n) is 8.80. The number of nitrogens with one attached hydrogen (secondary N) is 5. The van der Waals surface area contributed by atoms with Crippen LogP contribution in [0.4, 0.5) is 10.5 Å². The number of carbonyl (C=O) groups is 4. The number of aliphatic hydroxyl groups excluding tert-OH is 2. The Morgan fingerprint density at radius 2 is 1.55 bits per heavy atom. The van der Waals surface area contributed by atoms with Crippen LogP contribution in [0.15, 0.2) is 67.1 Å². The Balaban J connectivity index is 1.82. The molecule has 0 spiro atoms. The van der Waals surface area contributed by atoms with E-state index in [9.17, 15) is 39.5 Å². The number of nitro groups is 1.